The molecule has 5 nitrogen and oxygen atoms in total. The van der Waals surface area contributed by atoms with Gasteiger partial charge in [0.15, 0.2) is 0 Å². The molecule has 0 bridgehead atoms. The van der Waals surface area contributed by atoms with Crippen LogP contribution in [0.25, 0.3) is 0 Å². The molecular formula is C24H30N2O3S. The summed E-state index contributed by atoms with van der Waals surface area (Å²) >= 11 is 0. The standard InChI is InChI=1S/C24H30N2O3S/c1-4-15-26(30(28,29)23-13-7-19(2)8-14-23)18-21-9-11-22(12-10-21)24(27)25-16-5-6-20(3)17-25/h4,7-14,20H,1,5-6,15-18H2,2-3H3/t20-/m1/s1. The second-order valence-electron chi connectivity index (χ2n) is 8.09. The Labute approximate surface area is 180 Å². The van der Waals surface area contributed by atoms with Gasteiger partial charge in [-0.25, -0.2) is 8.42 Å². The number of carbonyl (C=O) groups excluding carboxylic acids is 1. The number of hydrogen-bond acceptors (Lipinski definition) is 3. The fourth-order valence-corrected chi connectivity index (χ4v) is 5.16. The van der Waals surface area contributed by atoms with Crippen molar-refractivity contribution in [1.29, 1.82) is 0 Å². The van der Waals surface area contributed by atoms with Crippen molar-refractivity contribution in [3.05, 3.63) is 77.9 Å². The van der Waals surface area contributed by atoms with Gasteiger partial charge in [-0.3, -0.25) is 4.79 Å². The first kappa shape index (κ1) is 22.2. The summed E-state index contributed by atoms with van der Waals surface area (Å²) in [5, 5.41) is 0. The molecule has 1 amide bonds. The topological polar surface area (TPSA) is 57.7 Å². The molecule has 0 aliphatic carbocycles. The molecule has 30 heavy (non-hydrogen) atoms. The van der Waals surface area contributed by atoms with E-state index in [0.717, 1.165) is 37.1 Å². The maximum atomic E-state index is 13.1. The zero-order valence-corrected chi connectivity index (χ0v) is 18.6. The predicted octanol–water partition coefficient (Wildman–Crippen LogP) is 4.24. The van der Waals surface area contributed by atoms with Crippen LogP contribution < -0.4 is 0 Å². The highest BCUT2D eigenvalue weighted by Crippen LogP contribution is 2.21. The van der Waals surface area contributed by atoms with Gasteiger partial charge in [-0.1, -0.05) is 42.8 Å². The number of aryl methyl sites for hydroxylation is 1. The van der Waals surface area contributed by atoms with E-state index in [0.29, 0.717) is 11.5 Å². The number of rotatable bonds is 7. The van der Waals surface area contributed by atoms with E-state index < -0.39 is 10.0 Å². The van der Waals surface area contributed by atoms with E-state index in [1.165, 1.54) is 4.31 Å². The summed E-state index contributed by atoms with van der Waals surface area (Å²) in [7, 11) is -3.64. The lowest BCUT2D eigenvalue weighted by Gasteiger charge is -2.31. The van der Waals surface area contributed by atoms with Crippen molar-refractivity contribution in [2.75, 3.05) is 19.6 Å². The van der Waals surface area contributed by atoms with Crippen molar-refractivity contribution in [2.24, 2.45) is 5.92 Å². The van der Waals surface area contributed by atoms with Crippen LogP contribution in [0.3, 0.4) is 0 Å². The third-order valence-electron chi connectivity index (χ3n) is 5.50. The molecule has 0 unspecified atom stereocenters. The van der Waals surface area contributed by atoms with Gasteiger partial charge in [0.25, 0.3) is 5.91 Å². The third kappa shape index (κ3) is 5.18. The molecule has 3 rings (SSSR count). The van der Waals surface area contributed by atoms with Gasteiger partial charge in [0.2, 0.25) is 10.0 Å². The molecule has 0 spiro atoms. The summed E-state index contributed by atoms with van der Waals surface area (Å²) in [6, 6.07) is 14.1. The maximum Gasteiger partial charge on any atom is 0.253 e. The van der Waals surface area contributed by atoms with Crippen LogP contribution >= 0.6 is 0 Å². The minimum atomic E-state index is -3.64. The molecule has 0 aromatic heterocycles. The van der Waals surface area contributed by atoms with Gasteiger partial charge in [-0.2, -0.15) is 4.31 Å². The molecule has 0 saturated carbocycles. The maximum absolute atomic E-state index is 13.1. The Morgan fingerprint density at radius 1 is 1.17 bits per heavy atom. The summed E-state index contributed by atoms with van der Waals surface area (Å²) in [6.07, 6.45) is 3.79. The van der Waals surface area contributed by atoms with Crippen LogP contribution in [0.1, 0.15) is 41.3 Å². The lowest BCUT2D eigenvalue weighted by molar-refractivity contribution is 0.0683. The number of hydrogen-bond donors (Lipinski definition) is 0. The molecule has 2 aromatic rings. The van der Waals surface area contributed by atoms with Crippen molar-refractivity contribution in [2.45, 2.75) is 38.1 Å². The summed E-state index contributed by atoms with van der Waals surface area (Å²) in [4.78, 5) is 14.9. The second kappa shape index (κ2) is 9.58. The zero-order valence-electron chi connectivity index (χ0n) is 17.8. The fraction of sp³-hybridized carbons (Fsp3) is 0.375. The van der Waals surface area contributed by atoms with Gasteiger partial charge in [0.05, 0.1) is 4.90 Å². The average molecular weight is 427 g/mol. The zero-order chi connectivity index (χ0) is 21.7. The van der Waals surface area contributed by atoms with E-state index in [1.807, 2.05) is 24.0 Å². The van der Waals surface area contributed by atoms with Crippen molar-refractivity contribution in [3.63, 3.8) is 0 Å². The van der Waals surface area contributed by atoms with E-state index in [1.54, 1.807) is 42.5 Å². The summed E-state index contributed by atoms with van der Waals surface area (Å²) in [6.45, 7) is 9.82. The number of sulfonamides is 1. The van der Waals surface area contributed by atoms with E-state index in [4.69, 9.17) is 0 Å². The summed E-state index contributed by atoms with van der Waals surface area (Å²) in [5.74, 6) is 0.574. The first-order valence-corrected chi connectivity index (χ1v) is 11.8. The summed E-state index contributed by atoms with van der Waals surface area (Å²) < 4.78 is 27.5. The first-order chi connectivity index (χ1) is 14.3. The minimum Gasteiger partial charge on any atom is -0.338 e. The fourth-order valence-electron chi connectivity index (χ4n) is 3.76. The van der Waals surface area contributed by atoms with Gasteiger partial charge in [-0.05, 0) is 55.5 Å². The van der Waals surface area contributed by atoms with Gasteiger partial charge in [-0.15, -0.1) is 6.58 Å². The first-order valence-electron chi connectivity index (χ1n) is 10.4. The van der Waals surface area contributed by atoms with Crippen molar-refractivity contribution in [1.82, 2.24) is 9.21 Å². The highest BCUT2D eigenvalue weighted by molar-refractivity contribution is 7.89. The molecule has 1 atom stereocenters. The molecule has 1 aliphatic rings. The third-order valence-corrected chi connectivity index (χ3v) is 7.32. The average Bonchev–Trinajstić information content (AvgIpc) is 2.74. The van der Waals surface area contributed by atoms with Crippen LogP contribution in [0, 0.1) is 12.8 Å². The van der Waals surface area contributed by atoms with E-state index in [2.05, 4.69) is 13.5 Å². The molecule has 1 aliphatic heterocycles. The number of benzene rings is 2. The number of likely N-dealkylation sites (tertiary alicyclic amines) is 1. The quantitative estimate of drug-likeness (QED) is 0.622. The molecule has 0 radical (unpaired) electrons. The number of nitrogens with zero attached hydrogens (tertiary/aromatic N) is 2. The number of amides is 1. The second-order valence-corrected chi connectivity index (χ2v) is 10.0. The lowest BCUT2D eigenvalue weighted by atomic mass is 9.99. The lowest BCUT2D eigenvalue weighted by Crippen LogP contribution is -2.39. The van der Waals surface area contributed by atoms with E-state index in [9.17, 15) is 13.2 Å². The van der Waals surface area contributed by atoms with Crippen molar-refractivity contribution in [3.8, 4) is 0 Å². The Hall–Kier alpha value is -2.44. The highest BCUT2D eigenvalue weighted by atomic mass is 32.2. The van der Waals surface area contributed by atoms with Crippen LogP contribution in [0.2, 0.25) is 0 Å². The monoisotopic (exact) mass is 426 g/mol. The predicted molar refractivity (Wildman–Crippen MR) is 120 cm³/mol. The van der Waals surface area contributed by atoms with Crippen LogP contribution in [-0.2, 0) is 16.6 Å². The minimum absolute atomic E-state index is 0.0447. The molecular weight excluding hydrogens is 396 g/mol. The molecule has 2 aromatic carbocycles. The Morgan fingerprint density at radius 3 is 2.43 bits per heavy atom. The molecule has 6 heteroatoms. The largest absolute Gasteiger partial charge is 0.338 e. The van der Waals surface area contributed by atoms with Crippen molar-refractivity contribution >= 4 is 15.9 Å². The Morgan fingerprint density at radius 2 is 1.83 bits per heavy atom. The van der Waals surface area contributed by atoms with Gasteiger partial charge < -0.3 is 4.90 Å². The highest BCUT2D eigenvalue weighted by Gasteiger charge is 2.24. The molecule has 1 saturated heterocycles. The summed E-state index contributed by atoms with van der Waals surface area (Å²) in [5.41, 5.74) is 2.48. The van der Waals surface area contributed by atoms with Crippen LogP contribution in [0.5, 0.6) is 0 Å². The Balaban J connectivity index is 1.75. The van der Waals surface area contributed by atoms with Gasteiger partial charge in [0.1, 0.15) is 0 Å². The molecule has 160 valence electrons. The SMILES string of the molecule is C=CCN(Cc1ccc(C(=O)N2CCC[C@@H](C)C2)cc1)S(=O)(=O)c1ccc(C)cc1. The molecule has 1 heterocycles. The van der Waals surface area contributed by atoms with E-state index in [-0.39, 0.29) is 23.9 Å². The Bertz CT molecular complexity index is 982. The molecule has 1 fully saturated rings. The Kier molecular flexibility index (Phi) is 7.10. The number of carbonyl (C=O) groups is 1. The van der Waals surface area contributed by atoms with Gasteiger partial charge in [0, 0.05) is 31.7 Å². The molecule has 0 N–H and O–H groups in total. The van der Waals surface area contributed by atoms with Crippen LogP contribution in [-0.4, -0.2) is 43.2 Å². The van der Waals surface area contributed by atoms with Crippen LogP contribution in [0.4, 0.5) is 0 Å². The number of piperidine rings is 1. The van der Waals surface area contributed by atoms with Crippen molar-refractivity contribution < 1.29 is 13.2 Å². The van der Waals surface area contributed by atoms with Crippen LogP contribution in [0.15, 0.2) is 66.1 Å². The smallest absolute Gasteiger partial charge is 0.253 e. The normalized spacial score (nSPS) is 17.2. The van der Waals surface area contributed by atoms with E-state index >= 15 is 0 Å². The van der Waals surface area contributed by atoms with Gasteiger partial charge >= 0.3 is 0 Å².